The van der Waals surface area contributed by atoms with Crippen LogP contribution in [0.1, 0.15) is 57.6 Å². The molecule has 2 N–H and O–H groups in total. The summed E-state index contributed by atoms with van der Waals surface area (Å²) in [4.78, 5) is 12.4. The SMILES string of the molecule is CCCC(NC(=O)CC(C)C1CCCNC1)c1ccc(F)cc1F.Cl. The molecule has 3 unspecified atom stereocenters. The molecule has 0 saturated carbocycles. The zero-order chi connectivity index (χ0) is 17.5. The number of carbonyl (C=O) groups excluding carboxylic acids is 1. The lowest BCUT2D eigenvalue weighted by Gasteiger charge is -2.28. The Kier molecular flexibility index (Phi) is 9.36. The van der Waals surface area contributed by atoms with E-state index in [1.165, 1.54) is 12.1 Å². The van der Waals surface area contributed by atoms with Gasteiger partial charge in [-0.2, -0.15) is 0 Å². The van der Waals surface area contributed by atoms with Gasteiger partial charge in [0.15, 0.2) is 0 Å². The predicted molar refractivity (Wildman–Crippen MR) is 98.8 cm³/mol. The van der Waals surface area contributed by atoms with Crippen LogP contribution in [-0.2, 0) is 4.79 Å². The highest BCUT2D eigenvalue weighted by molar-refractivity contribution is 5.85. The molecule has 0 aromatic heterocycles. The lowest BCUT2D eigenvalue weighted by atomic mass is 9.85. The topological polar surface area (TPSA) is 41.1 Å². The van der Waals surface area contributed by atoms with E-state index in [0.29, 0.717) is 24.3 Å². The minimum Gasteiger partial charge on any atom is -0.349 e. The van der Waals surface area contributed by atoms with Crippen molar-refractivity contribution in [1.82, 2.24) is 10.6 Å². The first-order chi connectivity index (χ1) is 11.5. The maximum atomic E-state index is 14.0. The van der Waals surface area contributed by atoms with Gasteiger partial charge in [-0.15, -0.1) is 12.4 Å². The smallest absolute Gasteiger partial charge is 0.220 e. The second-order valence-corrected chi connectivity index (χ2v) is 6.86. The number of amides is 1. The maximum absolute atomic E-state index is 14.0. The van der Waals surface area contributed by atoms with Crippen LogP contribution in [0.5, 0.6) is 0 Å². The molecule has 25 heavy (non-hydrogen) atoms. The van der Waals surface area contributed by atoms with Gasteiger partial charge >= 0.3 is 0 Å². The van der Waals surface area contributed by atoms with Crippen molar-refractivity contribution in [2.24, 2.45) is 11.8 Å². The number of carbonyl (C=O) groups is 1. The molecular weight excluding hydrogens is 346 g/mol. The van der Waals surface area contributed by atoms with Gasteiger partial charge < -0.3 is 10.6 Å². The van der Waals surface area contributed by atoms with Crippen LogP contribution in [0.2, 0.25) is 0 Å². The number of benzene rings is 1. The van der Waals surface area contributed by atoms with Crippen molar-refractivity contribution in [3.8, 4) is 0 Å². The Hall–Kier alpha value is -1.20. The van der Waals surface area contributed by atoms with Crippen LogP contribution < -0.4 is 10.6 Å². The Morgan fingerprint density at radius 2 is 2.16 bits per heavy atom. The first kappa shape index (κ1) is 21.8. The van der Waals surface area contributed by atoms with Crippen molar-refractivity contribution in [3.63, 3.8) is 0 Å². The molecule has 1 aromatic rings. The molecule has 0 spiro atoms. The summed E-state index contributed by atoms with van der Waals surface area (Å²) in [6, 6.07) is 3.14. The maximum Gasteiger partial charge on any atom is 0.220 e. The lowest BCUT2D eigenvalue weighted by Crippen LogP contribution is -2.36. The summed E-state index contributed by atoms with van der Waals surface area (Å²) in [7, 11) is 0. The minimum atomic E-state index is -0.601. The van der Waals surface area contributed by atoms with Crippen LogP contribution >= 0.6 is 12.4 Å². The Morgan fingerprint density at radius 1 is 1.40 bits per heavy atom. The first-order valence-corrected chi connectivity index (χ1v) is 8.96. The summed E-state index contributed by atoms with van der Waals surface area (Å²) in [5.41, 5.74) is 0.360. The van der Waals surface area contributed by atoms with Crippen LogP contribution in [0.15, 0.2) is 18.2 Å². The fourth-order valence-corrected chi connectivity index (χ4v) is 3.46. The molecule has 1 fully saturated rings. The molecule has 142 valence electrons. The number of hydrogen-bond donors (Lipinski definition) is 2. The molecule has 1 heterocycles. The van der Waals surface area contributed by atoms with Crippen molar-refractivity contribution in [3.05, 3.63) is 35.4 Å². The molecule has 1 aromatic carbocycles. The summed E-state index contributed by atoms with van der Waals surface area (Å²) >= 11 is 0. The third kappa shape index (κ3) is 6.55. The molecule has 0 radical (unpaired) electrons. The van der Waals surface area contributed by atoms with Crippen LogP contribution in [-0.4, -0.2) is 19.0 Å². The number of hydrogen-bond acceptors (Lipinski definition) is 2. The summed E-state index contributed by atoms with van der Waals surface area (Å²) < 4.78 is 27.1. The number of halogens is 3. The van der Waals surface area contributed by atoms with Crippen molar-refractivity contribution >= 4 is 18.3 Å². The highest BCUT2D eigenvalue weighted by Gasteiger charge is 2.24. The summed E-state index contributed by atoms with van der Waals surface area (Å²) in [5, 5.41) is 6.31. The van der Waals surface area contributed by atoms with Gasteiger partial charge in [0.25, 0.3) is 0 Å². The van der Waals surface area contributed by atoms with E-state index in [-0.39, 0.29) is 24.2 Å². The van der Waals surface area contributed by atoms with Gasteiger partial charge in [0.05, 0.1) is 6.04 Å². The van der Waals surface area contributed by atoms with Gasteiger partial charge in [-0.3, -0.25) is 4.79 Å². The molecule has 3 atom stereocenters. The van der Waals surface area contributed by atoms with Gasteiger partial charge in [-0.05, 0) is 50.3 Å². The normalized spacial score (nSPS) is 19.6. The first-order valence-electron chi connectivity index (χ1n) is 8.96. The number of nitrogens with one attached hydrogen (secondary N) is 2. The zero-order valence-electron chi connectivity index (χ0n) is 15.0. The third-order valence-corrected chi connectivity index (χ3v) is 4.90. The number of piperidine rings is 1. The fourth-order valence-electron chi connectivity index (χ4n) is 3.46. The third-order valence-electron chi connectivity index (χ3n) is 4.90. The van der Waals surface area contributed by atoms with E-state index in [0.717, 1.165) is 38.4 Å². The second kappa shape index (κ2) is 10.7. The van der Waals surface area contributed by atoms with Crippen molar-refractivity contribution in [1.29, 1.82) is 0 Å². The number of rotatable bonds is 7. The summed E-state index contributed by atoms with van der Waals surface area (Å²) in [5.74, 6) is -0.459. The molecule has 3 nitrogen and oxygen atoms in total. The molecule has 0 bridgehead atoms. The Bertz CT molecular complexity index is 550. The van der Waals surface area contributed by atoms with E-state index >= 15 is 0 Å². The molecule has 1 aliphatic rings. The van der Waals surface area contributed by atoms with E-state index in [1.807, 2.05) is 6.92 Å². The largest absolute Gasteiger partial charge is 0.349 e. The Morgan fingerprint density at radius 3 is 2.76 bits per heavy atom. The minimum absolute atomic E-state index is 0. The van der Waals surface area contributed by atoms with Gasteiger partial charge in [0, 0.05) is 18.1 Å². The van der Waals surface area contributed by atoms with Crippen LogP contribution in [0.25, 0.3) is 0 Å². The van der Waals surface area contributed by atoms with Crippen LogP contribution in [0.4, 0.5) is 8.78 Å². The monoisotopic (exact) mass is 374 g/mol. The molecule has 2 rings (SSSR count). The van der Waals surface area contributed by atoms with E-state index in [9.17, 15) is 13.6 Å². The van der Waals surface area contributed by atoms with Crippen molar-refractivity contribution in [2.45, 2.75) is 52.0 Å². The van der Waals surface area contributed by atoms with E-state index in [1.54, 1.807) is 0 Å². The molecular formula is C19H29ClF2N2O. The highest BCUT2D eigenvalue weighted by atomic mass is 35.5. The average molecular weight is 375 g/mol. The van der Waals surface area contributed by atoms with E-state index in [2.05, 4.69) is 17.6 Å². The van der Waals surface area contributed by atoms with Crippen LogP contribution in [0, 0.1) is 23.5 Å². The summed E-state index contributed by atoms with van der Waals surface area (Å²) in [6.45, 7) is 6.10. The molecule has 6 heteroatoms. The standard InChI is InChI=1S/C19H28F2N2O.ClH/c1-3-5-18(16-8-7-15(20)11-17(16)21)23-19(24)10-13(2)14-6-4-9-22-12-14;/h7-8,11,13-14,18,22H,3-6,9-10,12H2,1-2H3,(H,23,24);1H. The highest BCUT2D eigenvalue weighted by Crippen LogP contribution is 2.25. The molecule has 0 aliphatic carbocycles. The molecule has 1 amide bonds. The zero-order valence-corrected chi connectivity index (χ0v) is 15.8. The van der Waals surface area contributed by atoms with Gasteiger partial charge in [0.2, 0.25) is 5.91 Å². The quantitative estimate of drug-likeness (QED) is 0.744. The fraction of sp³-hybridized carbons (Fsp3) is 0.632. The van der Waals surface area contributed by atoms with Gasteiger partial charge in [-0.1, -0.05) is 26.3 Å². The molecule has 1 saturated heterocycles. The van der Waals surface area contributed by atoms with Crippen molar-refractivity contribution in [2.75, 3.05) is 13.1 Å². The van der Waals surface area contributed by atoms with Crippen LogP contribution in [0.3, 0.4) is 0 Å². The van der Waals surface area contributed by atoms with E-state index < -0.39 is 17.7 Å². The summed E-state index contributed by atoms with van der Waals surface area (Å²) in [6.07, 6.45) is 4.18. The predicted octanol–water partition coefficient (Wildman–Crippen LogP) is 4.37. The van der Waals surface area contributed by atoms with E-state index in [4.69, 9.17) is 0 Å². The Labute approximate surface area is 155 Å². The average Bonchev–Trinajstić information content (AvgIpc) is 2.55. The van der Waals surface area contributed by atoms with Gasteiger partial charge in [-0.25, -0.2) is 8.78 Å². The second-order valence-electron chi connectivity index (χ2n) is 6.86. The molecule has 1 aliphatic heterocycles. The van der Waals surface area contributed by atoms with Gasteiger partial charge in [0.1, 0.15) is 11.6 Å². The van der Waals surface area contributed by atoms with Crippen molar-refractivity contribution < 1.29 is 13.6 Å². The Balaban J connectivity index is 0.00000312. The lowest BCUT2D eigenvalue weighted by molar-refractivity contribution is -0.123.